The quantitative estimate of drug-likeness (QED) is 0.924. The highest BCUT2D eigenvalue weighted by Gasteiger charge is 2.33. The smallest absolute Gasteiger partial charge is 0.370 e. The van der Waals surface area contributed by atoms with E-state index < -0.39 is 17.6 Å². The summed E-state index contributed by atoms with van der Waals surface area (Å²) in [7, 11) is 0. The summed E-state index contributed by atoms with van der Waals surface area (Å²) in [4.78, 5) is 18.5. The molecule has 1 aromatic carbocycles. The van der Waals surface area contributed by atoms with Gasteiger partial charge in [0, 0.05) is 19.3 Å². The van der Waals surface area contributed by atoms with E-state index in [0.717, 1.165) is 37.7 Å². The summed E-state index contributed by atoms with van der Waals surface area (Å²) in [6, 6.07) is 6.56. The van der Waals surface area contributed by atoms with Crippen LogP contribution in [0.15, 0.2) is 42.7 Å². The van der Waals surface area contributed by atoms with Crippen LogP contribution in [0.5, 0.6) is 0 Å². The van der Waals surface area contributed by atoms with Crippen molar-refractivity contribution in [1.29, 1.82) is 0 Å². The van der Waals surface area contributed by atoms with Crippen LogP contribution in [-0.4, -0.2) is 24.0 Å². The van der Waals surface area contributed by atoms with E-state index in [-0.39, 0.29) is 11.3 Å². The van der Waals surface area contributed by atoms with E-state index in [4.69, 9.17) is 0 Å². The molecule has 4 nitrogen and oxygen atoms in total. The molecule has 1 fully saturated rings. The molecule has 0 unspecified atom stereocenters. The molecule has 2 aromatic rings. The molecule has 0 radical (unpaired) electrons. The number of rotatable bonds is 3. The molecule has 1 saturated heterocycles. The van der Waals surface area contributed by atoms with E-state index in [9.17, 15) is 18.0 Å². The number of carbonyl (C=O) groups excluding carboxylic acids is 1. The van der Waals surface area contributed by atoms with Gasteiger partial charge in [-0.15, -0.1) is 0 Å². The Kier molecular flexibility index (Phi) is 4.42. The van der Waals surface area contributed by atoms with Gasteiger partial charge in [-0.3, -0.25) is 9.78 Å². The highest BCUT2D eigenvalue weighted by Crippen LogP contribution is 2.34. The number of alkyl halides is 3. The molecule has 0 saturated carbocycles. The minimum atomic E-state index is -4.53. The van der Waals surface area contributed by atoms with Crippen LogP contribution < -0.4 is 10.2 Å². The van der Waals surface area contributed by atoms with Crippen LogP contribution in [0.1, 0.15) is 28.8 Å². The lowest BCUT2D eigenvalue weighted by molar-refractivity contribution is -0.136. The average Bonchev–Trinajstić information content (AvgIpc) is 3.09. The molecule has 7 heteroatoms. The third-order valence-electron chi connectivity index (χ3n) is 3.94. The molecule has 126 valence electrons. The number of amides is 1. The molecule has 3 rings (SSSR count). The molecule has 24 heavy (non-hydrogen) atoms. The van der Waals surface area contributed by atoms with Crippen molar-refractivity contribution in [1.82, 2.24) is 4.98 Å². The Morgan fingerprint density at radius 1 is 1.12 bits per heavy atom. The first-order valence-corrected chi connectivity index (χ1v) is 7.63. The largest absolute Gasteiger partial charge is 0.418 e. The molecule has 1 aliphatic heterocycles. The standard InChI is InChI=1S/C17H16F3N3O/c18-17(19,20)14-5-1-2-6-15(14)22-16(24)12-9-13(11-21-10-12)23-7-3-4-8-23/h1-2,5-6,9-11H,3-4,7-8H2,(H,22,24). The number of carbonyl (C=O) groups is 1. The van der Waals surface area contributed by atoms with Gasteiger partial charge in [-0.2, -0.15) is 13.2 Å². The first kappa shape index (κ1) is 16.3. The van der Waals surface area contributed by atoms with E-state index in [2.05, 4.69) is 15.2 Å². The van der Waals surface area contributed by atoms with Gasteiger partial charge in [-0.25, -0.2) is 0 Å². The maximum absolute atomic E-state index is 13.0. The van der Waals surface area contributed by atoms with Crippen molar-refractivity contribution < 1.29 is 18.0 Å². The number of para-hydroxylation sites is 1. The van der Waals surface area contributed by atoms with Gasteiger partial charge in [-0.1, -0.05) is 12.1 Å². The average molecular weight is 335 g/mol. The van der Waals surface area contributed by atoms with E-state index in [1.54, 1.807) is 12.3 Å². The number of halogens is 3. The van der Waals surface area contributed by atoms with Gasteiger partial charge >= 0.3 is 6.18 Å². The zero-order chi connectivity index (χ0) is 17.2. The molecular weight excluding hydrogens is 319 g/mol. The second kappa shape index (κ2) is 6.51. The minimum Gasteiger partial charge on any atom is -0.370 e. The zero-order valence-corrected chi connectivity index (χ0v) is 12.8. The first-order valence-electron chi connectivity index (χ1n) is 7.63. The maximum Gasteiger partial charge on any atom is 0.418 e. The van der Waals surface area contributed by atoms with Crippen molar-refractivity contribution in [3.63, 3.8) is 0 Å². The van der Waals surface area contributed by atoms with Crippen LogP contribution >= 0.6 is 0 Å². The number of benzene rings is 1. The highest BCUT2D eigenvalue weighted by molar-refractivity contribution is 6.05. The molecule has 0 bridgehead atoms. The van der Waals surface area contributed by atoms with Gasteiger partial charge < -0.3 is 10.2 Å². The first-order chi connectivity index (χ1) is 11.4. The van der Waals surface area contributed by atoms with Crippen molar-refractivity contribution >= 4 is 17.3 Å². The third-order valence-corrected chi connectivity index (χ3v) is 3.94. The fourth-order valence-corrected chi connectivity index (χ4v) is 2.73. The summed E-state index contributed by atoms with van der Waals surface area (Å²) >= 11 is 0. The maximum atomic E-state index is 13.0. The molecule has 1 amide bonds. The Bertz CT molecular complexity index is 740. The topological polar surface area (TPSA) is 45.2 Å². The number of nitrogens with zero attached hydrogens (tertiary/aromatic N) is 2. The van der Waals surface area contributed by atoms with Crippen molar-refractivity contribution in [3.05, 3.63) is 53.9 Å². The normalized spacial score (nSPS) is 14.7. The Hall–Kier alpha value is -2.57. The molecule has 1 aromatic heterocycles. The number of anilines is 2. The van der Waals surface area contributed by atoms with Crippen LogP contribution in [0.25, 0.3) is 0 Å². The zero-order valence-electron chi connectivity index (χ0n) is 12.8. The summed E-state index contributed by atoms with van der Waals surface area (Å²) in [5.41, 5.74) is -0.0933. The molecule has 1 N–H and O–H groups in total. The molecule has 0 spiro atoms. The Labute approximate surface area is 137 Å². The van der Waals surface area contributed by atoms with Gasteiger partial charge in [0.1, 0.15) is 0 Å². The number of hydrogen-bond acceptors (Lipinski definition) is 3. The fraction of sp³-hybridized carbons (Fsp3) is 0.294. The predicted octanol–water partition coefficient (Wildman–Crippen LogP) is 3.95. The molecule has 0 atom stereocenters. The molecular formula is C17H16F3N3O. The van der Waals surface area contributed by atoms with Gasteiger partial charge in [0.15, 0.2) is 0 Å². The fourth-order valence-electron chi connectivity index (χ4n) is 2.73. The lowest BCUT2D eigenvalue weighted by atomic mass is 10.1. The van der Waals surface area contributed by atoms with Crippen LogP contribution in [0.3, 0.4) is 0 Å². The Morgan fingerprint density at radius 3 is 2.54 bits per heavy atom. The molecule has 2 heterocycles. The third kappa shape index (κ3) is 3.50. The molecule has 0 aliphatic carbocycles. The number of nitrogens with one attached hydrogen (secondary N) is 1. The van der Waals surface area contributed by atoms with Crippen LogP contribution in [0.4, 0.5) is 24.5 Å². The van der Waals surface area contributed by atoms with E-state index in [0.29, 0.717) is 0 Å². The predicted molar refractivity (Wildman–Crippen MR) is 85.1 cm³/mol. The van der Waals surface area contributed by atoms with Gasteiger partial charge in [0.05, 0.1) is 28.7 Å². The van der Waals surface area contributed by atoms with Crippen molar-refractivity contribution in [2.75, 3.05) is 23.3 Å². The Morgan fingerprint density at radius 2 is 1.83 bits per heavy atom. The van der Waals surface area contributed by atoms with Crippen molar-refractivity contribution in [3.8, 4) is 0 Å². The number of hydrogen-bond donors (Lipinski definition) is 1. The van der Waals surface area contributed by atoms with Crippen LogP contribution in [0, 0.1) is 0 Å². The minimum absolute atomic E-state index is 0.233. The Balaban J connectivity index is 1.82. The number of pyridine rings is 1. The summed E-state index contributed by atoms with van der Waals surface area (Å²) in [5, 5.41) is 2.33. The lowest BCUT2D eigenvalue weighted by Crippen LogP contribution is -2.20. The van der Waals surface area contributed by atoms with E-state index in [1.807, 2.05) is 0 Å². The summed E-state index contributed by atoms with van der Waals surface area (Å²) < 4.78 is 39.0. The van der Waals surface area contributed by atoms with Crippen molar-refractivity contribution in [2.24, 2.45) is 0 Å². The second-order valence-corrected chi connectivity index (χ2v) is 5.62. The monoisotopic (exact) mass is 335 g/mol. The van der Waals surface area contributed by atoms with E-state index >= 15 is 0 Å². The number of aromatic nitrogens is 1. The SMILES string of the molecule is O=C(Nc1ccccc1C(F)(F)F)c1cncc(N2CCCC2)c1. The summed E-state index contributed by atoms with van der Waals surface area (Å²) in [6.07, 6.45) is 0.640. The van der Waals surface area contributed by atoms with Crippen LogP contribution in [-0.2, 0) is 6.18 Å². The second-order valence-electron chi connectivity index (χ2n) is 5.62. The van der Waals surface area contributed by atoms with Gasteiger partial charge in [-0.05, 0) is 31.0 Å². The summed E-state index contributed by atoms with van der Waals surface area (Å²) in [5.74, 6) is -0.611. The van der Waals surface area contributed by atoms with E-state index in [1.165, 1.54) is 24.4 Å². The van der Waals surface area contributed by atoms with Crippen molar-refractivity contribution in [2.45, 2.75) is 19.0 Å². The van der Waals surface area contributed by atoms with Crippen LogP contribution in [0.2, 0.25) is 0 Å². The highest BCUT2D eigenvalue weighted by atomic mass is 19.4. The molecule has 1 aliphatic rings. The van der Waals surface area contributed by atoms with Gasteiger partial charge in [0.2, 0.25) is 0 Å². The lowest BCUT2D eigenvalue weighted by Gasteiger charge is -2.18. The summed E-state index contributed by atoms with van der Waals surface area (Å²) in [6.45, 7) is 1.79. The van der Waals surface area contributed by atoms with Gasteiger partial charge in [0.25, 0.3) is 5.91 Å².